The molecule has 5 nitrogen and oxygen atoms in total. The first-order valence-corrected chi connectivity index (χ1v) is 7.97. The van der Waals surface area contributed by atoms with Crippen molar-refractivity contribution in [3.63, 3.8) is 0 Å². The highest BCUT2D eigenvalue weighted by Gasteiger charge is 2.32. The van der Waals surface area contributed by atoms with E-state index in [0.29, 0.717) is 19.4 Å². The predicted octanol–water partition coefficient (Wildman–Crippen LogP) is 0.360. The van der Waals surface area contributed by atoms with E-state index in [1.165, 1.54) is 0 Å². The third kappa shape index (κ3) is 3.19. The van der Waals surface area contributed by atoms with Gasteiger partial charge < -0.3 is 5.11 Å². The van der Waals surface area contributed by atoms with E-state index < -0.39 is 15.8 Å². The third-order valence-electron chi connectivity index (χ3n) is 3.84. The Morgan fingerprint density at radius 2 is 1.82 bits per heavy atom. The van der Waals surface area contributed by atoms with Crippen LogP contribution in [0, 0.1) is 5.92 Å². The topological polar surface area (TPSA) is 74.7 Å². The number of rotatable bonds is 2. The van der Waals surface area contributed by atoms with Crippen LogP contribution >= 0.6 is 0 Å². The van der Waals surface area contributed by atoms with E-state index in [-0.39, 0.29) is 23.5 Å². The molecular formula is C11H19NO4S. The molecule has 0 aliphatic carbocycles. The standard InChI is InChI=1S/C11H19NO4S/c13-11(14)9-2-1-5-12(8-9)10-3-6-17(15,16)7-4-10/h9-10H,1-8H2,(H,13,14)/t9-/m0/s1. The van der Waals surface area contributed by atoms with E-state index >= 15 is 0 Å². The fourth-order valence-electron chi connectivity index (χ4n) is 2.78. The minimum absolute atomic E-state index is 0.256. The number of hydrogen-bond acceptors (Lipinski definition) is 4. The van der Waals surface area contributed by atoms with Gasteiger partial charge in [-0.25, -0.2) is 8.42 Å². The van der Waals surface area contributed by atoms with Crippen molar-refractivity contribution in [1.29, 1.82) is 0 Å². The molecule has 0 radical (unpaired) electrons. The van der Waals surface area contributed by atoms with Gasteiger partial charge >= 0.3 is 5.97 Å². The molecule has 0 spiro atoms. The van der Waals surface area contributed by atoms with Gasteiger partial charge in [-0.15, -0.1) is 0 Å². The maximum atomic E-state index is 11.3. The largest absolute Gasteiger partial charge is 0.481 e. The number of aliphatic carboxylic acids is 1. The number of nitrogens with zero attached hydrogens (tertiary/aromatic N) is 1. The summed E-state index contributed by atoms with van der Waals surface area (Å²) < 4.78 is 22.7. The molecule has 0 bridgehead atoms. The van der Waals surface area contributed by atoms with Crippen molar-refractivity contribution in [3.05, 3.63) is 0 Å². The molecule has 98 valence electrons. The summed E-state index contributed by atoms with van der Waals surface area (Å²) in [6.45, 7) is 1.49. The van der Waals surface area contributed by atoms with Gasteiger partial charge in [0.25, 0.3) is 0 Å². The monoisotopic (exact) mass is 261 g/mol. The van der Waals surface area contributed by atoms with Gasteiger partial charge in [0.1, 0.15) is 9.84 Å². The summed E-state index contributed by atoms with van der Waals surface area (Å²) in [5.74, 6) is -0.488. The highest BCUT2D eigenvalue weighted by atomic mass is 32.2. The zero-order chi connectivity index (χ0) is 12.5. The highest BCUT2D eigenvalue weighted by molar-refractivity contribution is 7.91. The summed E-state index contributed by atoms with van der Waals surface area (Å²) in [6.07, 6.45) is 2.97. The van der Waals surface area contributed by atoms with Crippen LogP contribution in [0.5, 0.6) is 0 Å². The smallest absolute Gasteiger partial charge is 0.307 e. The van der Waals surface area contributed by atoms with Crippen molar-refractivity contribution < 1.29 is 18.3 Å². The van der Waals surface area contributed by atoms with Crippen LogP contribution in [0.2, 0.25) is 0 Å². The molecule has 2 aliphatic rings. The first-order valence-electron chi connectivity index (χ1n) is 6.15. The molecule has 0 aromatic heterocycles. The number of sulfone groups is 1. The number of piperidine rings is 1. The van der Waals surface area contributed by atoms with Crippen molar-refractivity contribution in [1.82, 2.24) is 4.90 Å². The summed E-state index contributed by atoms with van der Waals surface area (Å²) in [5.41, 5.74) is 0. The lowest BCUT2D eigenvalue weighted by Crippen LogP contribution is -2.47. The van der Waals surface area contributed by atoms with Gasteiger partial charge in [-0.1, -0.05) is 0 Å². The van der Waals surface area contributed by atoms with Crippen LogP contribution in [0.3, 0.4) is 0 Å². The zero-order valence-electron chi connectivity index (χ0n) is 9.84. The fraction of sp³-hybridized carbons (Fsp3) is 0.909. The molecule has 1 N–H and O–H groups in total. The van der Waals surface area contributed by atoms with Crippen LogP contribution in [0.4, 0.5) is 0 Å². The molecule has 2 fully saturated rings. The number of carboxylic acid groups (broad SMARTS) is 1. The van der Waals surface area contributed by atoms with Gasteiger partial charge in [0.05, 0.1) is 17.4 Å². The third-order valence-corrected chi connectivity index (χ3v) is 5.56. The Labute approximate surface area is 102 Å². The summed E-state index contributed by atoms with van der Waals surface area (Å²) in [4.78, 5) is 13.1. The number of carbonyl (C=O) groups is 1. The van der Waals surface area contributed by atoms with Crippen LogP contribution < -0.4 is 0 Å². The average Bonchev–Trinajstić information content (AvgIpc) is 2.29. The van der Waals surface area contributed by atoms with Crippen molar-refractivity contribution in [2.24, 2.45) is 5.92 Å². The maximum Gasteiger partial charge on any atom is 0.307 e. The van der Waals surface area contributed by atoms with Crippen LogP contribution in [0.15, 0.2) is 0 Å². The van der Waals surface area contributed by atoms with Crippen molar-refractivity contribution in [2.75, 3.05) is 24.6 Å². The Kier molecular flexibility index (Phi) is 3.73. The van der Waals surface area contributed by atoms with Crippen LogP contribution in [-0.2, 0) is 14.6 Å². The normalized spacial score (nSPS) is 31.2. The van der Waals surface area contributed by atoms with Crippen LogP contribution in [0.1, 0.15) is 25.7 Å². The summed E-state index contributed by atoms with van der Waals surface area (Å²) in [6, 6.07) is 0.265. The Hall–Kier alpha value is -0.620. The predicted molar refractivity (Wildman–Crippen MR) is 63.6 cm³/mol. The zero-order valence-corrected chi connectivity index (χ0v) is 10.7. The SMILES string of the molecule is O=C(O)[C@H]1CCCN(C2CCS(=O)(=O)CC2)C1. The highest BCUT2D eigenvalue weighted by Crippen LogP contribution is 2.24. The fourth-order valence-corrected chi connectivity index (χ4v) is 4.25. The van der Waals surface area contributed by atoms with Gasteiger partial charge in [0.2, 0.25) is 0 Å². The molecule has 1 atom stereocenters. The average molecular weight is 261 g/mol. The first-order chi connectivity index (χ1) is 7.98. The van der Waals surface area contributed by atoms with E-state index in [1.54, 1.807) is 0 Å². The Balaban J connectivity index is 1.92. The number of hydrogen-bond donors (Lipinski definition) is 1. The second-order valence-electron chi connectivity index (χ2n) is 5.06. The summed E-state index contributed by atoms with van der Waals surface area (Å²) in [7, 11) is -2.83. The molecule has 2 heterocycles. The minimum Gasteiger partial charge on any atom is -0.481 e. The molecule has 0 aromatic carbocycles. The lowest BCUT2D eigenvalue weighted by Gasteiger charge is -2.38. The van der Waals surface area contributed by atoms with Crippen molar-refractivity contribution in [3.8, 4) is 0 Å². The molecule has 0 amide bonds. The molecule has 0 saturated carbocycles. The molecule has 0 aromatic rings. The van der Waals surface area contributed by atoms with Gasteiger partial charge in [0.15, 0.2) is 0 Å². The van der Waals surface area contributed by atoms with Crippen LogP contribution in [-0.4, -0.2) is 55.0 Å². The Bertz CT molecular complexity index is 378. The molecule has 2 aliphatic heterocycles. The van der Waals surface area contributed by atoms with Gasteiger partial charge in [0, 0.05) is 12.6 Å². The molecule has 17 heavy (non-hydrogen) atoms. The van der Waals surface area contributed by atoms with Crippen LogP contribution in [0.25, 0.3) is 0 Å². The molecular weight excluding hydrogens is 242 g/mol. The number of carboxylic acids is 1. The first kappa shape index (κ1) is 12.8. The minimum atomic E-state index is -2.83. The van der Waals surface area contributed by atoms with Gasteiger partial charge in [-0.05, 0) is 32.2 Å². The molecule has 6 heteroatoms. The quantitative estimate of drug-likeness (QED) is 0.777. The van der Waals surface area contributed by atoms with Crippen molar-refractivity contribution in [2.45, 2.75) is 31.7 Å². The molecule has 0 unspecified atom stereocenters. The van der Waals surface area contributed by atoms with E-state index in [9.17, 15) is 13.2 Å². The van der Waals surface area contributed by atoms with E-state index in [0.717, 1.165) is 19.4 Å². The Morgan fingerprint density at radius 3 is 2.41 bits per heavy atom. The van der Waals surface area contributed by atoms with Crippen molar-refractivity contribution >= 4 is 15.8 Å². The maximum absolute atomic E-state index is 11.3. The number of likely N-dealkylation sites (tertiary alicyclic amines) is 1. The van der Waals surface area contributed by atoms with E-state index in [4.69, 9.17) is 5.11 Å². The molecule has 2 rings (SSSR count). The lowest BCUT2D eigenvalue weighted by molar-refractivity contribution is -0.144. The summed E-state index contributed by atoms with van der Waals surface area (Å²) >= 11 is 0. The summed E-state index contributed by atoms with van der Waals surface area (Å²) in [5, 5.41) is 9.01. The van der Waals surface area contributed by atoms with E-state index in [2.05, 4.69) is 4.90 Å². The lowest BCUT2D eigenvalue weighted by atomic mass is 9.95. The van der Waals surface area contributed by atoms with Gasteiger partial charge in [-0.3, -0.25) is 9.69 Å². The van der Waals surface area contributed by atoms with E-state index in [1.807, 2.05) is 0 Å². The second kappa shape index (κ2) is 4.94. The Morgan fingerprint density at radius 1 is 1.18 bits per heavy atom. The molecule has 2 saturated heterocycles. The second-order valence-corrected chi connectivity index (χ2v) is 7.36. The van der Waals surface area contributed by atoms with Gasteiger partial charge in [-0.2, -0.15) is 0 Å².